The highest BCUT2D eigenvalue weighted by molar-refractivity contribution is 6.30. The molecule has 1 amide bonds. The number of anilines is 2. The fourth-order valence-corrected chi connectivity index (χ4v) is 1.54. The fourth-order valence-electron chi connectivity index (χ4n) is 1.37. The molecule has 0 spiro atoms. The quantitative estimate of drug-likeness (QED) is 0.775. The van der Waals surface area contributed by atoms with Crippen molar-refractivity contribution in [2.45, 2.75) is 0 Å². The maximum atomic E-state index is 11.9. The van der Waals surface area contributed by atoms with Crippen LogP contribution in [0.25, 0.3) is 0 Å². The molecule has 1 heterocycles. The van der Waals surface area contributed by atoms with Gasteiger partial charge in [0.15, 0.2) is 0 Å². The van der Waals surface area contributed by atoms with E-state index in [-0.39, 0.29) is 11.3 Å². The minimum absolute atomic E-state index is 0.135. The second-order valence-electron chi connectivity index (χ2n) is 3.59. The van der Waals surface area contributed by atoms with Crippen LogP contribution in [0.2, 0.25) is 5.02 Å². The van der Waals surface area contributed by atoms with Crippen molar-refractivity contribution >= 4 is 29.0 Å². The van der Waals surface area contributed by atoms with E-state index in [4.69, 9.17) is 17.3 Å². The Balaban J connectivity index is 2.19. The lowest BCUT2D eigenvalue weighted by molar-refractivity contribution is 0.102. The third kappa shape index (κ3) is 2.70. The van der Waals surface area contributed by atoms with Crippen LogP contribution in [-0.2, 0) is 0 Å². The molecule has 0 unspecified atom stereocenters. The van der Waals surface area contributed by atoms with E-state index >= 15 is 0 Å². The molecular formula is C12H10ClN3O2. The van der Waals surface area contributed by atoms with E-state index in [9.17, 15) is 9.90 Å². The smallest absolute Gasteiger partial charge is 0.259 e. The first-order valence-corrected chi connectivity index (χ1v) is 5.45. The molecule has 0 aliphatic rings. The van der Waals surface area contributed by atoms with Crippen LogP contribution in [0.15, 0.2) is 36.5 Å². The number of rotatable bonds is 2. The highest BCUT2D eigenvalue weighted by Crippen LogP contribution is 2.22. The first-order valence-electron chi connectivity index (χ1n) is 5.07. The number of benzene rings is 1. The van der Waals surface area contributed by atoms with Crippen molar-refractivity contribution in [1.82, 2.24) is 4.98 Å². The second-order valence-corrected chi connectivity index (χ2v) is 4.02. The summed E-state index contributed by atoms with van der Waals surface area (Å²) in [6.45, 7) is 0. The first kappa shape index (κ1) is 12.2. The van der Waals surface area contributed by atoms with Gasteiger partial charge >= 0.3 is 0 Å². The number of carbonyl (C=O) groups excluding carboxylic acids is 1. The average Bonchev–Trinajstić information content (AvgIpc) is 2.32. The van der Waals surface area contributed by atoms with Crippen molar-refractivity contribution in [3.05, 3.63) is 47.1 Å². The summed E-state index contributed by atoms with van der Waals surface area (Å²) in [5, 5.41) is 12.5. The molecule has 5 nitrogen and oxygen atoms in total. The van der Waals surface area contributed by atoms with Gasteiger partial charge in [0.25, 0.3) is 5.91 Å². The van der Waals surface area contributed by atoms with Crippen molar-refractivity contribution in [3.63, 3.8) is 0 Å². The molecule has 0 aliphatic heterocycles. The molecule has 6 heteroatoms. The van der Waals surface area contributed by atoms with Gasteiger partial charge in [-0.05, 0) is 30.3 Å². The van der Waals surface area contributed by atoms with Gasteiger partial charge in [0, 0.05) is 5.02 Å². The van der Waals surface area contributed by atoms with E-state index in [1.165, 1.54) is 24.4 Å². The summed E-state index contributed by atoms with van der Waals surface area (Å²) in [5.74, 6) is -0.263. The Morgan fingerprint density at radius 3 is 2.72 bits per heavy atom. The Hall–Kier alpha value is -2.27. The molecule has 0 saturated carbocycles. The van der Waals surface area contributed by atoms with Crippen molar-refractivity contribution < 1.29 is 9.90 Å². The zero-order valence-corrected chi connectivity index (χ0v) is 9.98. The number of hydrogen-bond donors (Lipinski definition) is 3. The number of aromatic hydroxyl groups is 1. The number of nitrogen functional groups attached to an aromatic ring is 1. The van der Waals surface area contributed by atoms with Crippen LogP contribution in [0, 0.1) is 0 Å². The lowest BCUT2D eigenvalue weighted by Crippen LogP contribution is -2.12. The van der Waals surface area contributed by atoms with E-state index in [1.54, 1.807) is 12.1 Å². The van der Waals surface area contributed by atoms with E-state index in [0.29, 0.717) is 16.5 Å². The monoisotopic (exact) mass is 263 g/mol. The predicted octanol–water partition coefficient (Wildman–Crippen LogP) is 2.28. The SMILES string of the molecule is Nc1ccc(NC(=O)c2ccc(Cl)cc2O)cn1. The normalized spacial score (nSPS) is 10.1. The number of nitrogens with one attached hydrogen (secondary N) is 1. The van der Waals surface area contributed by atoms with Gasteiger partial charge in [-0.3, -0.25) is 4.79 Å². The number of nitrogens with two attached hydrogens (primary N) is 1. The number of pyridine rings is 1. The number of nitrogens with zero attached hydrogens (tertiary/aromatic N) is 1. The third-order valence-electron chi connectivity index (χ3n) is 2.25. The van der Waals surface area contributed by atoms with Crippen molar-refractivity contribution in [2.75, 3.05) is 11.1 Å². The molecule has 0 atom stereocenters. The topological polar surface area (TPSA) is 88.2 Å². The van der Waals surface area contributed by atoms with E-state index in [1.807, 2.05) is 0 Å². The number of halogens is 1. The summed E-state index contributed by atoms with van der Waals surface area (Å²) in [5.41, 5.74) is 6.06. The summed E-state index contributed by atoms with van der Waals surface area (Å²) in [7, 11) is 0. The molecule has 18 heavy (non-hydrogen) atoms. The maximum absolute atomic E-state index is 11.9. The predicted molar refractivity (Wildman–Crippen MR) is 69.7 cm³/mol. The summed E-state index contributed by atoms with van der Waals surface area (Å²) < 4.78 is 0. The molecule has 2 rings (SSSR count). The standard InChI is InChI=1S/C12H10ClN3O2/c13-7-1-3-9(10(17)5-7)12(18)16-8-2-4-11(14)15-6-8/h1-6,17H,(H2,14,15)(H,16,18). The van der Waals surface area contributed by atoms with Gasteiger partial charge in [0.1, 0.15) is 11.6 Å². The Morgan fingerprint density at radius 1 is 1.33 bits per heavy atom. The summed E-state index contributed by atoms with van der Waals surface area (Å²) in [4.78, 5) is 15.7. The van der Waals surface area contributed by atoms with Crippen LogP contribution in [0.3, 0.4) is 0 Å². The van der Waals surface area contributed by atoms with Crippen LogP contribution in [-0.4, -0.2) is 16.0 Å². The molecular weight excluding hydrogens is 254 g/mol. The molecule has 92 valence electrons. The zero-order chi connectivity index (χ0) is 13.1. The van der Waals surface area contributed by atoms with Gasteiger partial charge in [-0.1, -0.05) is 11.6 Å². The van der Waals surface area contributed by atoms with E-state index in [0.717, 1.165) is 0 Å². The molecule has 1 aromatic carbocycles. The number of phenolic OH excluding ortho intramolecular Hbond substituents is 1. The molecule has 0 aliphatic carbocycles. The molecule has 0 saturated heterocycles. The van der Waals surface area contributed by atoms with Crippen LogP contribution >= 0.6 is 11.6 Å². The van der Waals surface area contributed by atoms with E-state index < -0.39 is 5.91 Å². The van der Waals surface area contributed by atoms with Crippen LogP contribution in [0.1, 0.15) is 10.4 Å². The van der Waals surface area contributed by atoms with Gasteiger partial charge in [-0.15, -0.1) is 0 Å². The largest absolute Gasteiger partial charge is 0.507 e. The van der Waals surface area contributed by atoms with Crippen LogP contribution in [0.5, 0.6) is 5.75 Å². The summed E-state index contributed by atoms with van der Waals surface area (Å²) >= 11 is 5.68. The van der Waals surface area contributed by atoms with Crippen LogP contribution in [0.4, 0.5) is 11.5 Å². The second kappa shape index (κ2) is 4.93. The molecule has 0 bridgehead atoms. The third-order valence-corrected chi connectivity index (χ3v) is 2.48. The van der Waals surface area contributed by atoms with E-state index in [2.05, 4.69) is 10.3 Å². The fraction of sp³-hybridized carbons (Fsp3) is 0. The minimum atomic E-state index is -0.448. The van der Waals surface area contributed by atoms with Gasteiger partial charge in [0.2, 0.25) is 0 Å². The number of aromatic nitrogens is 1. The zero-order valence-electron chi connectivity index (χ0n) is 9.22. The highest BCUT2D eigenvalue weighted by Gasteiger charge is 2.11. The number of amides is 1. The molecule has 4 N–H and O–H groups in total. The van der Waals surface area contributed by atoms with Gasteiger partial charge in [-0.25, -0.2) is 4.98 Å². The van der Waals surface area contributed by atoms with Gasteiger partial charge in [-0.2, -0.15) is 0 Å². The number of hydrogen-bond acceptors (Lipinski definition) is 4. The van der Waals surface area contributed by atoms with Crippen molar-refractivity contribution in [2.24, 2.45) is 0 Å². The van der Waals surface area contributed by atoms with Crippen molar-refractivity contribution in [3.8, 4) is 5.75 Å². The number of carbonyl (C=O) groups is 1. The lowest BCUT2D eigenvalue weighted by atomic mass is 10.2. The van der Waals surface area contributed by atoms with Gasteiger partial charge in [0.05, 0.1) is 17.4 Å². The lowest BCUT2D eigenvalue weighted by Gasteiger charge is -2.06. The summed E-state index contributed by atoms with van der Waals surface area (Å²) in [6.07, 6.45) is 1.43. The Labute approximate surface area is 108 Å². The average molecular weight is 264 g/mol. The Bertz CT molecular complexity index is 584. The molecule has 0 fully saturated rings. The Morgan fingerprint density at radius 2 is 2.11 bits per heavy atom. The first-order chi connectivity index (χ1) is 8.56. The highest BCUT2D eigenvalue weighted by atomic mass is 35.5. The summed E-state index contributed by atoms with van der Waals surface area (Å²) in [6, 6.07) is 7.46. The van der Waals surface area contributed by atoms with Crippen LogP contribution < -0.4 is 11.1 Å². The molecule has 2 aromatic rings. The Kier molecular flexibility index (Phi) is 3.34. The molecule has 0 radical (unpaired) electrons. The van der Waals surface area contributed by atoms with Gasteiger partial charge < -0.3 is 16.2 Å². The maximum Gasteiger partial charge on any atom is 0.259 e. The minimum Gasteiger partial charge on any atom is -0.507 e. The molecule has 1 aromatic heterocycles. The number of phenols is 1. The van der Waals surface area contributed by atoms with Crippen molar-refractivity contribution in [1.29, 1.82) is 0 Å².